The van der Waals surface area contributed by atoms with Crippen molar-refractivity contribution in [2.24, 2.45) is 0 Å². The SMILES string of the molecule is CCCCCC/C=C\C/C=C\CCCCCCCCCC(=O)OCCCCCCCCCCCCC(=O)NC(CO)C(O)/C=C/CCCCCCCCCCCCCCCCCCC. The van der Waals surface area contributed by atoms with E-state index in [4.69, 9.17) is 4.74 Å². The van der Waals surface area contributed by atoms with Crippen LogP contribution in [0.2, 0.25) is 0 Å². The third kappa shape index (κ3) is 49.5. The highest BCUT2D eigenvalue weighted by Crippen LogP contribution is 2.16. The van der Waals surface area contributed by atoms with Gasteiger partial charge < -0.3 is 20.3 Å². The Labute approximate surface area is 398 Å². The summed E-state index contributed by atoms with van der Waals surface area (Å²) in [6.45, 7) is 4.84. The third-order valence-electron chi connectivity index (χ3n) is 12.9. The second kappa shape index (κ2) is 53.7. The normalized spacial score (nSPS) is 12.9. The molecule has 2 unspecified atom stereocenters. The minimum absolute atomic E-state index is 0.0280. The van der Waals surface area contributed by atoms with Gasteiger partial charge in [0.05, 0.1) is 25.4 Å². The van der Waals surface area contributed by atoms with Gasteiger partial charge >= 0.3 is 5.97 Å². The number of esters is 1. The van der Waals surface area contributed by atoms with Crippen LogP contribution >= 0.6 is 0 Å². The van der Waals surface area contributed by atoms with Gasteiger partial charge in [-0.1, -0.05) is 256 Å². The lowest BCUT2D eigenvalue weighted by molar-refractivity contribution is -0.143. The summed E-state index contributed by atoms with van der Waals surface area (Å²) in [4.78, 5) is 24.5. The highest BCUT2D eigenvalue weighted by Gasteiger charge is 2.18. The zero-order chi connectivity index (χ0) is 46.5. The van der Waals surface area contributed by atoms with E-state index in [0.29, 0.717) is 19.4 Å². The lowest BCUT2D eigenvalue weighted by atomic mass is 10.0. The fourth-order valence-corrected chi connectivity index (χ4v) is 8.55. The van der Waals surface area contributed by atoms with Gasteiger partial charge in [0.1, 0.15) is 0 Å². The van der Waals surface area contributed by atoms with E-state index < -0.39 is 12.1 Å². The molecule has 0 spiro atoms. The number of ether oxygens (including phenoxy) is 1. The van der Waals surface area contributed by atoms with Crippen LogP contribution in [0.5, 0.6) is 0 Å². The fraction of sp³-hybridized carbons (Fsp3) is 0.862. The number of amides is 1. The molecule has 0 aromatic rings. The highest BCUT2D eigenvalue weighted by molar-refractivity contribution is 5.76. The molecule has 0 aromatic carbocycles. The Kier molecular flexibility index (Phi) is 52.1. The first-order valence-corrected chi connectivity index (χ1v) is 28.3. The molecule has 0 heterocycles. The molecular formula is C58H109NO5. The molecule has 0 rings (SSSR count). The molecular weight excluding hydrogens is 791 g/mol. The first kappa shape index (κ1) is 62.1. The highest BCUT2D eigenvalue weighted by atomic mass is 16.5. The Bertz CT molecular complexity index is 1040. The lowest BCUT2D eigenvalue weighted by Gasteiger charge is -2.20. The summed E-state index contributed by atoms with van der Waals surface area (Å²) in [5.74, 6) is -0.118. The van der Waals surface area contributed by atoms with Gasteiger partial charge in [0, 0.05) is 12.8 Å². The van der Waals surface area contributed by atoms with E-state index in [1.807, 2.05) is 6.08 Å². The van der Waals surface area contributed by atoms with Crippen molar-refractivity contribution in [1.29, 1.82) is 0 Å². The van der Waals surface area contributed by atoms with E-state index in [2.05, 4.69) is 43.5 Å². The molecule has 0 aromatic heterocycles. The van der Waals surface area contributed by atoms with Gasteiger partial charge in [0.2, 0.25) is 5.91 Å². The van der Waals surface area contributed by atoms with Crippen LogP contribution in [0.3, 0.4) is 0 Å². The molecule has 0 radical (unpaired) electrons. The Hall–Kier alpha value is -1.92. The maximum Gasteiger partial charge on any atom is 0.305 e. The number of aliphatic hydroxyl groups excluding tert-OH is 2. The van der Waals surface area contributed by atoms with Crippen molar-refractivity contribution < 1.29 is 24.5 Å². The van der Waals surface area contributed by atoms with Crippen LogP contribution in [0.15, 0.2) is 36.5 Å². The summed E-state index contributed by atoms with van der Waals surface area (Å²) in [7, 11) is 0. The van der Waals surface area contributed by atoms with Crippen molar-refractivity contribution in [2.45, 2.75) is 309 Å². The average molecular weight is 901 g/mol. The van der Waals surface area contributed by atoms with Crippen molar-refractivity contribution in [3.63, 3.8) is 0 Å². The van der Waals surface area contributed by atoms with E-state index >= 15 is 0 Å². The quantitative estimate of drug-likeness (QED) is 0.0321. The number of nitrogens with one attached hydrogen (secondary N) is 1. The van der Waals surface area contributed by atoms with Crippen molar-refractivity contribution in [2.75, 3.05) is 13.2 Å². The standard InChI is InChI=1S/C58H109NO5/c1-3-5-7-9-11-13-15-17-19-21-23-24-26-28-30-34-38-42-46-50-56(61)55(54-60)59-57(62)51-47-43-39-35-32-33-37-41-45-49-53-64-58(63)52-48-44-40-36-31-29-27-25-22-20-18-16-14-12-10-8-6-4-2/h14,16,20,22,46,50,55-56,60-61H,3-13,15,17-19,21,23-45,47-49,51-54H2,1-2H3,(H,59,62)/b16-14-,22-20-,50-46+. The summed E-state index contributed by atoms with van der Waals surface area (Å²) in [6.07, 6.45) is 65.8. The van der Waals surface area contributed by atoms with Gasteiger partial charge in [-0.05, 0) is 64.2 Å². The van der Waals surface area contributed by atoms with E-state index in [0.717, 1.165) is 64.2 Å². The van der Waals surface area contributed by atoms with Crippen molar-refractivity contribution in [3.8, 4) is 0 Å². The van der Waals surface area contributed by atoms with Crippen molar-refractivity contribution in [3.05, 3.63) is 36.5 Å². The van der Waals surface area contributed by atoms with Gasteiger partial charge in [-0.3, -0.25) is 9.59 Å². The molecule has 0 aliphatic rings. The molecule has 0 saturated carbocycles. The maximum atomic E-state index is 12.5. The van der Waals surface area contributed by atoms with E-state index in [1.54, 1.807) is 6.08 Å². The summed E-state index contributed by atoms with van der Waals surface area (Å²) in [5.41, 5.74) is 0. The second-order valence-corrected chi connectivity index (χ2v) is 19.3. The van der Waals surface area contributed by atoms with Gasteiger partial charge in [-0.15, -0.1) is 0 Å². The number of hydrogen-bond acceptors (Lipinski definition) is 5. The third-order valence-corrected chi connectivity index (χ3v) is 12.9. The molecule has 6 heteroatoms. The van der Waals surface area contributed by atoms with Gasteiger partial charge in [0.25, 0.3) is 0 Å². The van der Waals surface area contributed by atoms with Crippen LogP contribution in [0.25, 0.3) is 0 Å². The molecule has 376 valence electrons. The Morgan fingerprint density at radius 2 is 0.781 bits per heavy atom. The van der Waals surface area contributed by atoms with Crippen molar-refractivity contribution >= 4 is 11.9 Å². The molecule has 0 bridgehead atoms. The van der Waals surface area contributed by atoms with Gasteiger partial charge in [0.15, 0.2) is 0 Å². The van der Waals surface area contributed by atoms with E-state index in [-0.39, 0.29) is 18.5 Å². The summed E-state index contributed by atoms with van der Waals surface area (Å²) < 4.78 is 5.47. The number of carbonyl (C=O) groups excluding carboxylic acids is 2. The Morgan fingerprint density at radius 3 is 1.20 bits per heavy atom. The van der Waals surface area contributed by atoms with Crippen LogP contribution in [-0.4, -0.2) is 47.4 Å². The number of unbranched alkanes of at least 4 members (excludes halogenated alkanes) is 37. The fourth-order valence-electron chi connectivity index (χ4n) is 8.55. The maximum absolute atomic E-state index is 12.5. The Morgan fingerprint density at radius 1 is 0.438 bits per heavy atom. The number of rotatable bonds is 52. The number of carbonyl (C=O) groups is 2. The summed E-state index contributed by atoms with van der Waals surface area (Å²) in [6, 6.07) is -0.646. The molecule has 6 nitrogen and oxygen atoms in total. The predicted molar refractivity (Wildman–Crippen MR) is 278 cm³/mol. The Balaban J connectivity index is 3.51. The molecule has 0 aliphatic heterocycles. The van der Waals surface area contributed by atoms with Crippen molar-refractivity contribution in [1.82, 2.24) is 5.32 Å². The largest absolute Gasteiger partial charge is 0.466 e. The molecule has 0 fully saturated rings. The molecule has 0 aliphatic carbocycles. The average Bonchev–Trinajstić information content (AvgIpc) is 3.29. The second-order valence-electron chi connectivity index (χ2n) is 19.3. The van der Waals surface area contributed by atoms with E-state index in [9.17, 15) is 19.8 Å². The summed E-state index contributed by atoms with van der Waals surface area (Å²) in [5, 5.41) is 23.1. The molecule has 64 heavy (non-hydrogen) atoms. The van der Waals surface area contributed by atoms with Crippen LogP contribution in [0.1, 0.15) is 296 Å². The van der Waals surface area contributed by atoms with Gasteiger partial charge in [-0.2, -0.15) is 0 Å². The topological polar surface area (TPSA) is 95.9 Å². The number of hydrogen-bond donors (Lipinski definition) is 3. The molecule has 2 atom stereocenters. The first-order valence-electron chi connectivity index (χ1n) is 28.3. The van der Waals surface area contributed by atoms with E-state index in [1.165, 1.54) is 205 Å². The molecule has 1 amide bonds. The van der Waals surface area contributed by atoms with Crippen LogP contribution in [0.4, 0.5) is 0 Å². The predicted octanol–water partition coefficient (Wildman–Crippen LogP) is 17.2. The number of aliphatic hydroxyl groups is 2. The zero-order valence-electron chi connectivity index (χ0n) is 42.8. The number of allylic oxidation sites excluding steroid dienone is 5. The zero-order valence-corrected chi connectivity index (χ0v) is 42.8. The molecule has 3 N–H and O–H groups in total. The molecule has 0 saturated heterocycles. The van der Waals surface area contributed by atoms with Crippen LogP contribution in [0, 0.1) is 0 Å². The minimum atomic E-state index is -0.861. The summed E-state index contributed by atoms with van der Waals surface area (Å²) >= 11 is 0. The monoisotopic (exact) mass is 900 g/mol. The first-order chi connectivity index (χ1) is 31.5. The van der Waals surface area contributed by atoms with Crippen LogP contribution < -0.4 is 5.32 Å². The van der Waals surface area contributed by atoms with Gasteiger partial charge in [-0.25, -0.2) is 0 Å². The van der Waals surface area contributed by atoms with Crippen LogP contribution in [-0.2, 0) is 14.3 Å². The lowest BCUT2D eigenvalue weighted by Crippen LogP contribution is -2.45. The smallest absolute Gasteiger partial charge is 0.305 e. The minimum Gasteiger partial charge on any atom is -0.466 e.